The lowest BCUT2D eigenvalue weighted by atomic mass is 9.93. The summed E-state index contributed by atoms with van der Waals surface area (Å²) in [6.07, 6.45) is 1.25. The van der Waals surface area contributed by atoms with E-state index in [0.29, 0.717) is 11.8 Å². The smallest absolute Gasteiger partial charge is 0.0546 e. The van der Waals surface area contributed by atoms with Crippen LogP contribution in [0.25, 0.3) is 54.6 Å². The Hall–Kier alpha value is -7.42. The van der Waals surface area contributed by atoms with Crippen molar-refractivity contribution in [1.29, 1.82) is 0 Å². The van der Waals surface area contributed by atoms with Crippen LogP contribution < -0.4 is 9.80 Å². The van der Waals surface area contributed by atoms with Gasteiger partial charge in [-0.1, -0.05) is 206 Å². The molecule has 0 aromatic heterocycles. The molecule has 0 radical (unpaired) electrons. The topological polar surface area (TPSA) is 6.48 Å². The third kappa shape index (κ3) is 8.78. The molecular formula is C63H58N2. The summed E-state index contributed by atoms with van der Waals surface area (Å²) in [5.74, 6) is 0.879. The van der Waals surface area contributed by atoms with Crippen LogP contribution in [-0.2, 0) is 0 Å². The minimum absolute atomic E-state index is 0.439. The standard InChI is InChI=1S/C60H50N2.C3H8/c1-41(2)43-29-33-49(34-30-43)61(51-23-15-21-47(37-51)45-17-7-5-8-18-45)59-39-57-54-26-12-14-28-56(54)60(40-58(57)53-25-11-13-27-55(53)59)62(50-35-31-44(32-36-50)42(3)4)52-24-16-22-48(38-52)46-19-9-6-10-20-46;1-3-2/h5-42H,1-4H3;3H2,1-2H3. The summed E-state index contributed by atoms with van der Waals surface area (Å²) in [4.78, 5) is 4.91. The number of benzene rings is 10. The maximum atomic E-state index is 2.46. The monoisotopic (exact) mass is 842 g/mol. The quantitative estimate of drug-likeness (QED) is 0.127. The number of rotatable bonds is 10. The Labute approximate surface area is 386 Å². The second-order valence-corrected chi connectivity index (χ2v) is 17.7. The minimum atomic E-state index is 0.439. The SMILES string of the molecule is CC(C)c1ccc(N(c2cccc(-c3ccccc3)c2)c2cc3c4ccccc4c(N(c4ccc(C(C)C)cc4)c4cccc(-c5ccccc5)c4)cc3c3ccccc23)cc1.CCC. The molecule has 0 amide bonds. The first-order chi connectivity index (χ1) is 31.8. The molecule has 0 bridgehead atoms. The summed E-state index contributed by atoms with van der Waals surface area (Å²) in [5, 5.41) is 7.24. The van der Waals surface area contributed by atoms with E-state index in [9.17, 15) is 0 Å². The van der Waals surface area contributed by atoms with E-state index in [2.05, 4.69) is 270 Å². The van der Waals surface area contributed by atoms with Gasteiger partial charge in [-0.05, 0) is 127 Å². The molecule has 0 aliphatic carbocycles. The van der Waals surface area contributed by atoms with Gasteiger partial charge < -0.3 is 9.80 Å². The Kier molecular flexibility index (Phi) is 12.6. The number of hydrogen-bond acceptors (Lipinski definition) is 2. The first-order valence-corrected chi connectivity index (χ1v) is 23.3. The van der Waals surface area contributed by atoms with Gasteiger partial charge in [-0.2, -0.15) is 0 Å². The maximum Gasteiger partial charge on any atom is 0.0546 e. The van der Waals surface area contributed by atoms with E-state index in [4.69, 9.17) is 0 Å². The fourth-order valence-electron chi connectivity index (χ4n) is 9.06. The van der Waals surface area contributed by atoms with Gasteiger partial charge in [0.25, 0.3) is 0 Å². The van der Waals surface area contributed by atoms with Crippen molar-refractivity contribution in [3.05, 3.63) is 230 Å². The molecule has 0 unspecified atom stereocenters. The molecule has 10 aromatic rings. The fraction of sp³-hybridized carbons (Fsp3) is 0.143. The number of anilines is 6. The molecule has 10 aromatic carbocycles. The highest BCUT2D eigenvalue weighted by Gasteiger charge is 2.23. The summed E-state index contributed by atoms with van der Waals surface area (Å²) in [5.41, 5.74) is 14.2. The zero-order valence-electron chi connectivity index (χ0n) is 38.5. The molecule has 0 aliphatic heterocycles. The van der Waals surface area contributed by atoms with Crippen molar-refractivity contribution in [2.75, 3.05) is 9.80 Å². The van der Waals surface area contributed by atoms with Gasteiger partial charge in [-0.3, -0.25) is 0 Å². The van der Waals surface area contributed by atoms with Gasteiger partial charge in [0.15, 0.2) is 0 Å². The second-order valence-electron chi connectivity index (χ2n) is 17.7. The van der Waals surface area contributed by atoms with Gasteiger partial charge in [0.05, 0.1) is 11.4 Å². The summed E-state index contributed by atoms with van der Waals surface area (Å²) >= 11 is 0. The molecule has 0 heterocycles. The van der Waals surface area contributed by atoms with Crippen molar-refractivity contribution >= 4 is 66.4 Å². The predicted octanol–water partition coefficient (Wildman–Crippen LogP) is 19.1. The second kappa shape index (κ2) is 19.1. The van der Waals surface area contributed by atoms with Gasteiger partial charge in [-0.15, -0.1) is 0 Å². The number of hydrogen-bond donors (Lipinski definition) is 0. The molecule has 0 atom stereocenters. The third-order valence-electron chi connectivity index (χ3n) is 12.4. The highest BCUT2D eigenvalue weighted by molar-refractivity contribution is 6.24. The zero-order valence-corrected chi connectivity index (χ0v) is 38.5. The zero-order chi connectivity index (χ0) is 44.9. The minimum Gasteiger partial charge on any atom is -0.310 e. The van der Waals surface area contributed by atoms with Gasteiger partial charge in [0.1, 0.15) is 0 Å². The first-order valence-electron chi connectivity index (χ1n) is 23.3. The normalized spacial score (nSPS) is 11.3. The van der Waals surface area contributed by atoms with E-state index in [-0.39, 0.29) is 0 Å². The Morgan fingerprint density at radius 2 is 0.615 bits per heavy atom. The largest absolute Gasteiger partial charge is 0.310 e. The van der Waals surface area contributed by atoms with Crippen LogP contribution in [0, 0.1) is 0 Å². The van der Waals surface area contributed by atoms with E-state index in [1.165, 1.54) is 72.1 Å². The van der Waals surface area contributed by atoms with Crippen molar-refractivity contribution in [2.24, 2.45) is 0 Å². The molecule has 65 heavy (non-hydrogen) atoms. The molecule has 0 N–H and O–H groups in total. The first kappa shape index (κ1) is 42.9. The van der Waals surface area contributed by atoms with Crippen molar-refractivity contribution in [2.45, 2.75) is 59.8 Å². The van der Waals surface area contributed by atoms with E-state index < -0.39 is 0 Å². The van der Waals surface area contributed by atoms with Crippen LogP contribution in [0.2, 0.25) is 0 Å². The van der Waals surface area contributed by atoms with Crippen LogP contribution in [0.15, 0.2) is 218 Å². The molecule has 0 aliphatic rings. The summed E-state index contributed by atoms with van der Waals surface area (Å²) < 4.78 is 0. The van der Waals surface area contributed by atoms with E-state index in [0.717, 1.165) is 34.1 Å². The van der Waals surface area contributed by atoms with Gasteiger partial charge in [0.2, 0.25) is 0 Å². The van der Waals surface area contributed by atoms with Crippen LogP contribution in [0.1, 0.15) is 70.9 Å². The molecule has 0 saturated carbocycles. The average molecular weight is 843 g/mol. The van der Waals surface area contributed by atoms with Crippen molar-refractivity contribution in [3.63, 3.8) is 0 Å². The van der Waals surface area contributed by atoms with Crippen LogP contribution in [0.3, 0.4) is 0 Å². The summed E-state index contributed by atoms with van der Waals surface area (Å²) in [6.45, 7) is 13.3. The Morgan fingerprint density at radius 3 is 0.969 bits per heavy atom. The molecule has 0 spiro atoms. The fourth-order valence-corrected chi connectivity index (χ4v) is 9.06. The van der Waals surface area contributed by atoms with E-state index in [1.807, 2.05) is 0 Å². The van der Waals surface area contributed by atoms with Crippen molar-refractivity contribution < 1.29 is 0 Å². The molecule has 0 fully saturated rings. The van der Waals surface area contributed by atoms with Crippen molar-refractivity contribution in [3.8, 4) is 22.3 Å². The average Bonchev–Trinajstić information content (AvgIpc) is 3.35. The van der Waals surface area contributed by atoms with Crippen LogP contribution in [0.4, 0.5) is 34.1 Å². The molecule has 2 nitrogen and oxygen atoms in total. The van der Waals surface area contributed by atoms with Crippen molar-refractivity contribution in [1.82, 2.24) is 0 Å². The van der Waals surface area contributed by atoms with Crippen LogP contribution >= 0.6 is 0 Å². The summed E-state index contributed by atoms with van der Waals surface area (Å²) in [6, 6.07) is 80.4. The molecule has 10 rings (SSSR count). The maximum absolute atomic E-state index is 2.46. The number of nitrogens with zero attached hydrogens (tertiary/aromatic N) is 2. The van der Waals surface area contributed by atoms with Crippen LogP contribution in [0.5, 0.6) is 0 Å². The third-order valence-corrected chi connectivity index (χ3v) is 12.4. The Bertz CT molecular complexity index is 2970. The lowest BCUT2D eigenvalue weighted by molar-refractivity contribution is 0.866. The van der Waals surface area contributed by atoms with E-state index >= 15 is 0 Å². The van der Waals surface area contributed by atoms with Gasteiger partial charge in [0, 0.05) is 33.5 Å². The van der Waals surface area contributed by atoms with Crippen LogP contribution in [-0.4, -0.2) is 0 Å². The van der Waals surface area contributed by atoms with E-state index in [1.54, 1.807) is 0 Å². The molecule has 320 valence electrons. The van der Waals surface area contributed by atoms with Gasteiger partial charge in [-0.25, -0.2) is 0 Å². The molecule has 0 saturated heterocycles. The summed E-state index contributed by atoms with van der Waals surface area (Å²) in [7, 11) is 0. The predicted molar refractivity (Wildman–Crippen MR) is 283 cm³/mol. The molecular weight excluding hydrogens is 785 g/mol. The van der Waals surface area contributed by atoms with Gasteiger partial charge >= 0.3 is 0 Å². The highest BCUT2D eigenvalue weighted by atomic mass is 15.2. The number of fused-ring (bicyclic) bond motifs is 5. The Balaban J connectivity index is 0.00000173. The molecule has 2 heteroatoms. The lowest BCUT2D eigenvalue weighted by Crippen LogP contribution is -2.12. The lowest BCUT2D eigenvalue weighted by Gasteiger charge is -2.30. The highest BCUT2D eigenvalue weighted by Crippen LogP contribution is 2.48. The Morgan fingerprint density at radius 1 is 0.292 bits per heavy atom.